The predicted molar refractivity (Wildman–Crippen MR) is 163 cm³/mol. The van der Waals surface area contributed by atoms with Crippen LogP contribution in [0.15, 0.2) is 107 Å². The number of ether oxygens (including phenoxy) is 5. The third-order valence-electron chi connectivity index (χ3n) is 7.70. The number of hydrogen-bond donors (Lipinski definition) is 1. The number of rotatable bonds is 12. The highest BCUT2D eigenvalue weighted by Gasteiger charge is 2.43. The molecular formula is C34H36N2O7. The van der Waals surface area contributed by atoms with Crippen molar-refractivity contribution in [2.75, 3.05) is 27.4 Å². The summed E-state index contributed by atoms with van der Waals surface area (Å²) in [4.78, 5) is 27.1. The Hall–Kier alpha value is -4.44. The molecule has 5 rings (SSSR count). The lowest BCUT2D eigenvalue weighted by atomic mass is 9.80. The van der Waals surface area contributed by atoms with Crippen molar-refractivity contribution in [3.05, 3.63) is 141 Å². The molecule has 0 radical (unpaired) electrons. The van der Waals surface area contributed by atoms with Gasteiger partial charge in [0, 0.05) is 18.2 Å². The van der Waals surface area contributed by atoms with Crippen LogP contribution in [0.2, 0.25) is 0 Å². The first-order chi connectivity index (χ1) is 20.9. The van der Waals surface area contributed by atoms with Gasteiger partial charge in [-0.1, -0.05) is 60.7 Å². The molecular weight excluding hydrogens is 548 g/mol. The first kappa shape index (κ1) is 30.0. The van der Waals surface area contributed by atoms with Crippen LogP contribution in [-0.4, -0.2) is 49.2 Å². The van der Waals surface area contributed by atoms with Crippen molar-refractivity contribution in [1.82, 2.24) is 9.55 Å². The van der Waals surface area contributed by atoms with Gasteiger partial charge in [0.25, 0.3) is 5.56 Å². The van der Waals surface area contributed by atoms with Crippen molar-refractivity contribution in [2.24, 2.45) is 0 Å². The van der Waals surface area contributed by atoms with E-state index in [0.717, 1.165) is 28.2 Å². The summed E-state index contributed by atoms with van der Waals surface area (Å²) in [6, 6.07) is 25.5. The van der Waals surface area contributed by atoms with E-state index in [-0.39, 0.29) is 6.61 Å². The molecule has 0 unspecified atom stereocenters. The van der Waals surface area contributed by atoms with Gasteiger partial charge in [-0.25, -0.2) is 4.79 Å². The summed E-state index contributed by atoms with van der Waals surface area (Å²) in [6.07, 6.45) is 1.98. The zero-order chi connectivity index (χ0) is 30.4. The van der Waals surface area contributed by atoms with Gasteiger partial charge >= 0.3 is 5.69 Å². The molecule has 1 fully saturated rings. The minimum absolute atomic E-state index is 0.127. The highest BCUT2D eigenvalue weighted by atomic mass is 16.6. The van der Waals surface area contributed by atoms with E-state index in [1.54, 1.807) is 27.2 Å². The van der Waals surface area contributed by atoms with Crippen LogP contribution in [-0.2, 0) is 19.8 Å². The monoisotopic (exact) mass is 584 g/mol. The Morgan fingerprint density at radius 2 is 1.51 bits per heavy atom. The average Bonchev–Trinajstić information content (AvgIpc) is 3.45. The maximum Gasteiger partial charge on any atom is 0.330 e. The Labute approximate surface area is 250 Å². The van der Waals surface area contributed by atoms with Gasteiger partial charge in [-0.2, -0.15) is 0 Å². The molecule has 3 aromatic carbocycles. The maximum atomic E-state index is 12.7. The first-order valence-corrected chi connectivity index (χ1v) is 14.1. The molecule has 1 aromatic heterocycles. The molecule has 1 saturated heterocycles. The summed E-state index contributed by atoms with van der Waals surface area (Å²) >= 11 is 0. The van der Waals surface area contributed by atoms with Crippen LogP contribution in [0, 0.1) is 6.92 Å². The molecule has 224 valence electrons. The zero-order valence-corrected chi connectivity index (χ0v) is 24.5. The number of aromatic nitrogens is 2. The molecule has 0 amide bonds. The van der Waals surface area contributed by atoms with E-state index in [9.17, 15) is 9.59 Å². The van der Waals surface area contributed by atoms with Gasteiger partial charge in [0.15, 0.2) is 0 Å². The lowest BCUT2D eigenvalue weighted by Gasteiger charge is -2.37. The Kier molecular flexibility index (Phi) is 9.25. The lowest BCUT2D eigenvalue weighted by molar-refractivity contribution is -0.102. The number of H-pyrrole nitrogens is 1. The third-order valence-corrected chi connectivity index (χ3v) is 7.70. The smallest absolute Gasteiger partial charge is 0.330 e. The van der Waals surface area contributed by atoms with Crippen LogP contribution < -0.4 is 20.7 Å². The number of aryl methyl sites for hydroxylation is 1. The fourth-order valence-electron chi connectivity index (χ4n) is 5.47. The molecule has 1 aliphatic rings. The van der Waals surface area contributed by atoms with E-state index < -0.39 is 35.3 Å². The minimum atomic E-state index is -1.05. The van der Waals surface area contributed by atoms with Gasteiger partial charge in [0.05, 0.1) is 33.5 Å². The van der Waals surface area contributed by atoms with E-state index in [0.29, 0.717) is 18.6 Å². The van der Waals surface area contributed by atoms with E-state index in [1.165, 1.54) is 10.8 Å². The highest BCUT2D eigenvalue weighted by Crippen LogP contribution is 2.43. The third kappa shape index (κ3) is 6.19. The van der Waals surface area contributed by atoms with Gasteiger partial charge in [-0.15, -0.1) is 6.58 Å². The topological polar surface area (TPSA) is 101 Å². The standard InChI is InChI=1S/C34H36N2O7/c1-5-19-41-29-20-31(36-21-23(2)32(37)35-33(36)38)43-30(29)22-42-34(24-9-7-6-8-10-24,25-11-15-27(39-3)16-12-25)26-13-17-28(40-4)18-14-26/h5-18,21,29-31H,1,19-20,22H2,2-4H3,(H,35,37,38)/t29-,30+,31+/m0/s1. The van der Waals surface area contributed by atoms with E-state index in [4.69, 9.17) is 23.7 Å². The Morgan fingerprint density at radius 1 is 0.930 bits per heavy atom. The first-order valence-electron chi connectivity index (χ1n) is 14.1. The second-order valence-corrected chi connectivity index (χ2v) is 10.3. The van der Waals surface area contributed by atoms with Gasteiger partial charge in [0.2, 0.25) is 0 Å². The van der Waals surface area contributed by atoms with Crippen LogP contribution in [0.25, 0.3) is 0 Å². The number of nitrogens with zero attached hydrogens (tertiary/aromatic N) is 1. The van der Waals surface area contributed by atoms with Gasteiger partial charge < -0.3 is 23.7 Å². The summed E-state index contributed by atoms with van der Waals surface area (Å²) in [7, 11) is 3.26. The highest BCUT2D eigenvalue weighted by molar-refractivity contribution is 5.49. The fraction of sp³-hybridized carbons (Fsp3) is 0.294. The SMILES string of the molecule is C=CCO[C@H]1C[C@H](n2cc(C)c(=O)[nH]c2=O)O[C@@H]1COC(c1ccccc1)(c1ccc(OC)cc1)c1ccc(OC)cc1. The van der Waals surface area contributed by atoms with Crippen LogP contribution in [0.3, 0.4) is 0 Å². The van der Waals surface area contributed by atoms with Crippen LogP contribution in [0.4, 0.5) is 0 Å². The number of hydrogen-bond acceptors (Lipinski definition) is 7. The number of aromatic amines is 1. The van der Waals surface area contributed by atoms with E-state index in [2.05, 4.69) is 11.6 Å². The molecule has 9 nitrogen and oxygen atoms in total. The molecule has 3 atom stereocenters. The number of nitrogens with one attached hydrogen (secondary N) is 1. The summed E-state index contributed by atoms with van der Waals surface area (Å²) in [5.41, 5.74) is 1.08. The van der Waals surface area contributed by atoms with Gasteiger partial charge in [-0.3, -0.25) is 14.3 Å². The lowest BCUT2D eigenvalue weighted by Crippen LogP contribution is -2.38. The largest absolute Gasteiger partial charge is 0.497 e. The maximum absolute atomic E-state index is 12.7. The van der Waals surface area contributed by atoms with Crippen LogP contribution in [0.5, 0.6) is 11.5 Å². The average molecular weight is 585 g/mol. The normalized spacial score (nSPS) is 18.3. The van der Waals surface area contributed by atoms with Crippen molar-refractivity contribution in [3.63, 3.8) is 0 Å². The molecule has 1 aliphatic heterocycles. The number of benzene rings is 3. The minimum Gasteiger partial charge on any atom is -0.497 e. The summed E-state index contributed by atoms with van der Waals surface area (Å²) in [6.45, 7) is 5.86. The molecule has 4 aromatic rings. The molecule has 1 N–H and O–H groups in total. The predicted octanol–water partition coefficient (Wildman–Crippen LogP) is 4.73. The molecule has 0 spiro atoms. The zero-order valence-electron chi connectivity index (χ0n) is 24.5. The molecule has 2 heterocycles. The molecule has 0 bridgehead atoms. The van der Waals surface area contributed by atoms with Gasteiger partial charge in [0.1, 0.15) is 29.4 Å². The molecule has 0 aliphatic carbocycles. The quantitative estimate of drug-likeness (QED) is 0.190. The summed E-state index contributed by atoms with van der Waals surface area (Å²) in [5, 5.41) is 0. The molecule has 0 saturated carbocycles. The summed E-state index contributed by atoms with van der Waals surface area (Å²) in [5.74, 6) is 1.45. The van der Waals surface area contributed by atoms with Crippen molar-refractivity contribution in [1.29, 1.82) is 0 Å². The van der Waals surface area contributed by atoms with Crippen molar-refractivity contribution in [2.45, 2.75) is 37.4 Å². The second-order valence-electron chi connectivity index (χ2n) is 10.3. The van der Waals surface area contributed by atoms with E-state index >= 15 is 0 Å². The number of methoxy groups -OCH3 is 2. The Bertz CT molecular complexity index is 1580. The van der Waals surface area contributed by atoms with Crippen LogP contribution in [0.1, 0.15) is 34.9 Å². The van der Waals surface area contributed by atoms with E-state index in [1.807, 2.05) is 78.9 Å². The van der Waals surface area contributed by atoms with Crippen LogP contribution >= 0.6 is 0 Å². The molecule has 43 heavy (non-hydrogen) atoms. The molecule has 9 heteroatoms. The fourth-order valence-corrected chi connectivity index (χ4v) is 5.47. The van der Waals surface area contributed by atoms with Crippen molar-refractivity contribution < 1.29 is 23.7 Å². The van der Waals surface area contributed by atoms with Crippen molar-refractivity contribution >= 4 is 0 Å². The Morgan fingerprint density at radius 3 is 2.07 bits per heavy atom. The Balaban J connectivity index is 1.56. The van der Waals surface area contributed by atoms with Crippen molar-refractivity contribution in [3.8, 4) is 11.5 Å². The summed E-state index contributed by atoms with van der Waals surface area (Å²) < 4.78 is 31.9. The second kappa shape index (κ2) is 13.2. The van der Waals surface area contributed by atoms with Gasteiger partial charge in [-0.05, 0) is 47.9 Å².